The fourth-order valence-electron chi connectivity index (χ4n) is 1.15. The van der Waals surface area contributed by atoms with E-state index in [1.807, 2.05) is 12.1 Å². The fourth-order valence-corrected chi connectivity index (χ4v) is 1.56. The van der Waals surface area contributed by atoms with Gasteiger partial charge in [0.1, 0.15) is 12.1 Å². The summed E-state index contributed by atoms with van der Waals surface area (Å²) in [6.45, 7) is 0.0331. The lowest BCUT2D eigenvalue weighted by atomic mass is 10.2. The summed E-state index contributed by atoms with van der Waals surface area (Å²) in [5.41, 5.74) is 0.852. The molecule has 0 aliphatic heterocycles. The maximum atomic E-state index is 8.90. The van der Waals surface area contributed by atoms with Gasteiger partial charge >= 0.3 is 0 Å². The zero-order valence-electron chi connectivity index (χ0n) is 8.30. The van der Waals surface area contributed by atoms with E-state index in [0.29, 0.717) is 11.6 Å². The lowest BCUT2D eigenvalue weighted by Crippen LogP contribution is -1.92. The number of aromatic nitrogens is 2. The van der Waals surface area contributed by atoms with E-state index in [1.165, 1.54) is 6.33 Å². The summed E-state index contributed by atoms with van der Waals surface area (Å²) in [6, 6.07) is 7.21. The molecule has 0 fully saturated rings. The first kappa shape index (κ1) is 11.3. The van der Waals surface area contributed by atoms with E-state index in [-0.39, 0.29) is 6.61 Å². The summed E-state index contributed by atoms with van der Waals surface area (Å²) in [5, 5.41) is 8.90. The molecular formula is C11H9IN2O2. The van der Waals surface area contributed by atoms with Crippen LogP contribution in [0.5, 0.6) is 11.6 Å². The summed E-state index contributed by atoms with van der Waals surface area (Å²) in [6.07, 6.45) is 3.13. The van der Waals surface area contributed by atoms with Crippen LogP contribution in [0.2, 0.25) is 0 Å². The molecule has 0 aliphatic carbocycles. The third kappa shape index (κ3) is 2.67. The van der Waals surface area contributed by atoms with Gasteiger partial charge in [-0.15, -0.1) is 0 Å². The van der Waals surface area contributed by atoms with Crippen LogP contribution in [0.1, 0.15) is 5.56 Å². The maximum Gasteiger partial charge on any atom is 0.235 e. The minimum atomic E-state index is 0.0331. The van der Waals surface area contributed by atoms with Crippen LogP contribution in [0.15, 0.2) is 36.8 Å². The van der Waals surface area contributed by atoms with Gasteiger partial charge in [0.25, 0.3) is 0 Å². The number of halogens is 1. The highest BCUT2D eigenvalue weighted by atomic mass is 127. The Labute approximate surface area is 106 Å². The van der Waals surface area contributed by atoms with Gasteiger partial charge in [-0.2, -0.15) is 0 Å². The molecular weight excluding hydrogens is 319 g/mol. The molecule has 0 saturated carbocycles. The summed E-state index contributed by atoms with van der Waals surface area (Å²) < 4.78 is 6.42. The van der Waals surface area contributed by atoms with Gasteiger partial charge in [-0.1, -0.05) is 12.1 Å². The number of rotatable bonds is 3. The maximum absolute atomic E-state index is 8.90. The van der Waals surface area contributed by atoms with Crippen LogP contribution in [-0.2, 0) is 6.61 Å². The molecule has 1 N–H and O–H groups in total. The minimum Gasteiger partial charge on any atom is -0.438 e. The van der Waals surface area contributed by atoms with Crippen LogP contribution in [0.4, 0.5) is 0 Å². The monoisotopic (exact) mass is 328 g/mol. The topological polar surface area (TPSA) is 55.2 Å². The molecule has 0 saturated heterocycles. The normalized spacial score (nSPS) is 10.1. The average molecular weight is 328 g/mol. The molecule has 4 nitrogen and oxygen atoms in total. The molecule has 16 heavy (non-hydrogen) atoms. The first-order valence-electron chi connectivity index (χ1n) is 4.63. The second-order valence-corrected chi connectivity index (χ2v) is 4.24. The Balaban J connectivity index is 2.18. The minimum absolute atomic E-state index is 0.0331. The molecule has 1 aromatic heterocycles. The van der Waals surface area contributed by atoms with Crippen molar-refractivity contribution < 1.29 is 9.84 Å². The van der Waals surface area contributed by atoms with Gasteiger partial charge in [0.2, 0.25) is 5.88 Å². The van der Waals surface area contributed by atoms with Gasteiger partial charge in [-0.3, -0.25) is 0 Å². The summed E-state index contributed by atoms with van der Waals surface area (Å²) in [7, 11) is 0. The molecule has 2 aromatic rings. The second kappa shape index (κ2) is 5.22. The Kier molecular flexibility index (Phi) is 3.68. The van der Waals surface area contributed by atoms with Crippen LogP contribution in [0.3, 0.4) is 0 Å². The molecule has 0 aliphatic rings. The highest BCUT2D eigenvalue weighted by Gasteiger charge is 2.03. The third-order valence-electron chi connectivity index (χ3n) is 1.95. The van der Waals surface area contributed by atoms with Gasteiger partial charge in [-0.05, 0) is 40.3 Å². The molecule has 0 unspecified atom stereocenters. The predicted molar refractivity (Wildman–Crippen MR) is 67.2 cm³/mol. The van der Waals surface area contributed by atoms with E-state index in [0.717, 1.165) is 9.13 Å². The highest BCUT2D eigenvalue weighted by molar-refractivity contribution is 14.1. The van der Waals surface area contributed by atoms with Crippen molar-refractivity contribution in [2.24, 2.45) is 0 Å². The quantitative estimate of drug-likeness (QED) is 0.879. The lowest BCUT2D eigenvalue weighted by molar-refractivity contribution is 0.281. The number of benzene rings is 1. The molecule has 82 valence electrons. The van der Waals surface area contributed by atoms with E-state index in [4.69, 9.17) is 9.84 Å². The van der Waals surface area contributed by atoms with Crippen molar-refractivity contribution in [2.45, 2.75) is 6.61 Å². The van der Waals surface area contributed by atoms with Crippen LogP contribution < -0.4 is 4.74 Å². The summed E-state index contributed by atoms with van der Waals surface area (Å²) in [5.74, 6) is 1.22. The highest BCUT2D eigenvalue weighted by Crippen LogP contribution is 2.23. The fraction of sp³-hybridized carbons (Fsp3) is 0.0909. The van der Waals surface area contributed by atoms with Crippen molar-refractivity contribution >= 4 is 22.6 Å². The molecule has 0 spiro atoms. The Hall–Kier alpha value is -1.21. The van der Waals surface area contributed by atoms with E-state index in [9.17, 15) is 0 Å². The molecule has 0 bridgehead atoms. The lowest BCUT2D eigenvalue weighted by Gasteiger charge is -2.05. The van der Waals surface area contributed by atoms with E-state index < -0.39 is 0 Å². The smallest absolute Gasteiger partial charge is 0.235 e. The molecule has 5 heteroatoms. The van der Waals surface area contributed by atoms with Crippen LogP contribution >= 0.6 is 22.6 Å². The molecule has 1 aromatic carbocycles. The summed E-state index contributed by atoms with van der Waals surface area (Å²) in [4.78, 5) is 7.91. The van der Waals surface area contributed by atoms with Crippen molar-refractivity contribution in [3.63, 3.8) is 0 Å². The standard InChI is InChI=1S/C11H9IN2O2/c12-10-5-13-7-14-11(10)16-9-3-1-8(6-15)2-4-9/h1-5,7,15H,6H2. The predicted octanol–water partition coefficient (Wildman–Crippen LogP) is 2.37. The Morgan fingerprint density at radius 1 is 1.25 bits per heavy atom. The third-order valence-corrected chi connectivity index (χ3v) is 2.69. The van der Waals surface area contributed by atoms with E-state index in [1.54, 1.807) is 18.3 Å². The van der Waals surface area contributed by atoms with Gasteiger partial charge in [0, 0.05) is 6.20 Å². The van der Waals surface area contributed by atoms with Crippen molar-refractivity contribution in [1.29, 1.82) is 0 Å². The number of hydrogen-bond acceptors (Lipinski definition) is 4. The molecule has 0 radical (unpaired) electrons. The van der Waals surface area contributed by atoms with Crippen LogP contribution in [0.25, 0.3) is 0 Å². The summed E-state index contributed by atoms with van der Waals surface area (Å²) >= 11 is 2.11. The molecule has 0 atom stereocenters. The van der Waals surface area contributed by atoms with Crippen LogP contribution in [0, 0.1) is 3.57 Å². The number of ether oxygens (including phenoxy) is 1. The van der Waals surface area contributed by atoms with Gasteiger partial charge in [0.15, 0.2) is 0 Å². The Morgan fingerprint density at radius 2 is 2.00 bits per heavy atom. The molecule has 0 amide bonds. The van der Waals surface area contributed by atoms with Crippen molar-refractivity contribution in [1.82, 2.24) is 9.97 Å². The molecule has 1 heterocycles. The average Bonchev–Trinajstić information content (AvgIpc) is 2.33. The van der Waals surface area contributed by atoms with Gasteiger partial charge < -0.3 is 9.84 Å². The van der Waals surface area contributed by atoms with Crippen molar-refractivity contribution in [2.75, 3.05) is 0 Å². The number of hydrogen-bond donors (Lipinski definition) is 1. The Morgan fingerprint density at radius 3 is 2.62 bits per heavy atom. The SMILES string of the molecule is OCc1ccc(Oc2ncncc2I)cc1. The van der Waals surface area contributed by atoms with Crippen molar-refractivity contribution in [3.8, 4) is 11.6 Å². The largest absolute Gasteiger partial charge is 0.438 e. The molecule has 2 rings (SSSR count). The zero-order chi connectivity index (χ0) is 11.4. The number of nitrogens with zero attached hydrogens (tertiary/aromatic N) is 2. The van der Waals surface area contributed by atoms with Gasteiger partial charge in [-0.25, -0.2) is 9.97 Å². The number of aliphatic hydroxyl groups is 1. The number of aliphatic hydroxyl groups excluding tert-OH is 1. The van der Waals surface area contributed by atoms with Gasteiger partial charge in [0.05, 0.1) is 10.2 Å². The van der Waals surface area contributed by atoms with E-state index >= 15 is 0 Å². The van der Waals surface area contributed by atoms with E-state index in [2.05, 4.69) is 32.6 Å². The first-order valence-corrected chi connectivity index (χ1v) is 5.70. The van der Waals surface area contributed by atoms with Crippen LogP contribution in [-0.4, -0.2) is 15.1 Å². The second-order valence-electron chi connectivity index (χ2n) is 3.08. The Bertz CT molecular complexity index is 474. The zero-order valence-corrected chi connectivity index (χ0v) is 10.5. The van der Waals surface area contributed by atoms with Crippen molar-refractivity contribution in [3.05, 3.63) is 45.9 Å². The first-order chi connectivity index (χ1) is 7.79.